The summed E-state index contributed by atoms with van der Waals surface area (Å²) in [4.78, 5) is 29.2. The molecule has 1 aromatic heterocycles. The Hall–Kier alpha value is -3.58. The minimum atomic E-state index is -0.691. The fourth-order valence-corrected chi connectivity index (χ4v) is 4.97. The van der Waals surface area contributed by atoms with Crippen LogP contribution < -0.4 is 19.8 Å². The number of carbonyl (C=O) groups is 1. The van der Waals surface area contributed by atoms with E-state index in [1.165, 1.54) is 0 Å². The van der Waals surface area contributed by atoms with Gasteiger partial charge in [0.15, 0.2) is 16.9 Å². The number of amides is 1. The number of fused-ring (bicyclic) bond motifs is 2. The fourth-order valence-electron chi connectivity index (χ4n) is 4.61. The van der Waals surface area contributed by atoms with Crippen LogP contribution in [-0.2, 0) is 0 Å². The number of anilines is 1. The molecule has 0 saturated carbocycles. The number of carbonyl (C=O) groups excluding carboxylic acids is 1. The van der Waals surface area contributed by atoms with Gasteiger partial charge in [-0.15, -0.1) is 0 Å². The van der Waals surface area contributed by atoms with E-state index in [4.69, 9.17) is 13.9 Å². The van der Waals surface area contributed by atoms with Gasteiger partial charge in [-0.2, -0.15) is 0 Å². The van der Waals surface area contributed by atoms with Gasteiger partial charge in [-0.25, -0.2) is 0 Å². The molecule has 6 nitrogen and oxygen atoms in total. The van der Waals surface area contributed by atoms with Crippen LogP contribution in [0.4, 0.5) is 5.69 Å². The highest BCUT2D eigenvalue weighted by atomic mass is 79.9. The summed E-state index contributed by atoms with van der Waals surface area (Å²) in [5.41, 5.74) is 2.92. The molecule has 37 heavy (non-hydrogen) atoms. The number of hydrogen-bond donors (Lipinski definition) is 0. The minimum absolute atomic E-state index is 0.0571. The second kappa shape index (κ2) is 10.1. The monoisotopic (exact) mass is 561 g/mol. The van der Waals surface area contributed by atoms with E-state index >= 15 is 0 Å². The van der Waals surface area contributed by atoms with Crippen LogP contribution in [0, 0.1) is 12.8 Å². The first-order valence-corrected chi connectivity index (χ1v) is 13.0. The van der Waals surface area contributed by atoms with Crippen LogP contribution >= 0.6 is 15.9 Å². The van der Waals surface area contributed by atoms with Crippen molar-refractivity contribution >= 4 is 38.5 Å². The molecule has 0 saturated heterocycles. The summed E-state index contributed by atoms with van der Waals surface area (Å²) in [5, 5.41) is 0.414. The summed E-state index contributed by atoms with van der Waals surface area (Å²) in [7, 11) is 1.58. The van der Waals surface area contributed by atoms with Gasteiger partial charge in [0, 0.05) is 10.2 Å². The molecule has 1 atom stereocenters. The smallest absolute Gasteiger partial charge is 0.295 e. The SMILES string of the molecule is COc1cc(C2c3c(oc4ccc(Br)cc4c3=O)C(=O)N2c2ccc(C)cc2)ccc1OCCC(C)C. The molecule has 1 aliphatic heterocycles. The molecule has 190 valence electrons. The summed E-state index contributed by atoms with van der Waals surface area (Å²) in [6, 6.07) is 17.7. The van der Waals surface area contributed by atoms with Gasteiger partial charge in [0.05, 0.1) is 30.7 Å². The highest BCUT2D eigenvalue weighted by Crippen LogP contribution is 2.43. The standard InChI is InChI=1S/C30H28BrNO5/c1-17(2)13-14-36-24-11-7-19(15-25(24)35-4)27-26-28(33)22-16-20(31)8-12-23(22)37-29(26)30(34)32(27)21-9-5-18(3)6-10-21/h5-12,15-17,27H,13-14H2,1-4H3. The van der Waals surface area contributed by atoms with E-state index < -0.39 is 6.04 Å². The Labute approximate surface area is 223 Å². The number of nitrogens with zero attached hydrogens (tertiary/aromatic N) is 1. The van der Waals surface area contributed by atoms with Crippen molar-refractivity contribution in [3.05, 3.63) is 97.8 Å². The zero-order valence-electron chi connectivity index (χ0n) is 21.2. The molecular weight excluding hydrogens is 534 g/mol. The first-order valence-electron chi connectivity index (χ1n) is 12.3. The molecule has 0 radical (unpaired) electrons. The van der Waals surface area contributed by atoms with E-state index in [-0.39, 0.29) is 17.1 Å². The highest BCUT2D eigenvalue weighted by molar-refractivity contribution is 9.10. The van der Waals surface area contributed by atoms with Crippen LogP contribution in [0.1, 0.15) is 53.6 Å². The van der Waals surface area contributed by atoms with Crippen LogP contribution in [-0.4, -0.2) is 19.6 Å². The van der Waals surface area contributed by atoms with Gasteiger partial charge >= 0.3 is 0 Å². The molecule has 3 aromatic carbocycles. The molecule has 1 unspecified atom stereocenters. The number of rotatable bonds is 7. The van der Waals surface area contributed by atoms with E-state index in [9.17, 15) is 9.59 Å². The summed E-state index contributed by atoms with van der Waals surface area (Å²) in [6.07, 6.45) is 0.917. The minimum Gasteiger partial charge on any atom is -0.493 e. The summed E-state index contributed by atoms with van der Waals surface area (Å²) in [5.74, 6) is 1.37. The average Bonchev–Trinajstić information content (AvgIpc) is 3.17. The molecule has 5 rings (SSSR count). The van der Waals surface area contributed by atoms with E-state index in [2.05, 4.69) is 29.8 Å². The number of benzene rings is 3. The third-order valence-corrected chi connectivity index (χ3v) is 7.09. The molecule has 4 aromatic rings. The predicted molar refractivity (Wildman–Crippen MR) is 148 cm³/mol. The Morgan fingerprint density at radius 3 is 2.46 bits per heavy atom. The Kier molecular flexibility index (Phi) is 6.82. The van der Waals surface area contributed by atoms with Crippen LogP contribution in [0.15, 0.2) is 74.3 Å². The van der Waals surface area contributed by atoms with E-state index in [1.807, 2.05) is 49.4 Å². The fraction of sp³-hybridized carbons (Fsp3) is 0.267. The molecule has 0 aliphatic carbocycles. The van der Waals surface area contributed by atoms with Crippen molar-refractivity contribution < 1.29 is 18.7 Å². The topological polar surface area (TPSA) is 69.0 Å². The second-order valence-electron chi connectivity index (χ2n) is 9.67. The van der Waals surface area contributed by atoms with E-state index in [0.717, 1.165) is 22.0 Å². The summed E-state index contributed by atoms with van der Waals surface area (Å²) >= 11 is 3.44. The molecule has 0 spiro atoms. The van der Waals surface area contributed by atoms with Crippen molar-refractivity contribution in [2.24, 2.45) is 5.92 Å². The summed E-state index contributed by atoms with van der Waals surface area (Å²) < 4.78 is 18.5. The lowest BCUT2D eigenvalue weighted by molar-refractivity contribution is 0.0971. The van der Waals surface area contributed by atoms with E-state index in [0.29, 0.717) is 46.2 Å². The van der Waals surface area contributed by atoms with Crippen LogP contribution in [0.25, 0.3) is 11.0 Å². The first-order chi connectivity index (χ1) is 17.8. The lowest BCUT2D eigenvalue weighted by atomic mass is 9.97. The number of methoxy groups -OCH3 is 1. The Morgan fingerprint density at radius 2 is 1.76 bits per heavy atom. The Balaban J connectivity index is 1.68. The molecule has 0 fully saturated rings. The Morgan fingerprint density at radius 1 is 1.00 bits per heavy atom. The predicted octanol–water partition coefficient (Wildman–Crippen LogP) is 7.05. The van der Waals surface area contributed by atoms with Crippen LogP contribution in [0.2, 0.25) is 0 Å². The van der Waals surface area contributed by atoms with Gasteiger partial charge in [0.1, 0.15) is 5.58 Å². The maximum atomic E-state index is 13.8. The van der Waals surface area contributed by atoms with Gasteiger partial charge in [-0.3, -0.25) is 14.5 Å². The molecule has 2 heterocycles. The zero-order valence-corrected chi connectivity index (χ0v) is 22.8. The lowest BCUT2D eigenvalue weighted by Crippen LogP contribution is -2.29. The largest absolute Gasteiger partial charge is 0.493 e. The van der Waals surface area contributed by atoms with Gasteiger partial charge in [-0.05, 0) is 67.3 Å². The van der Waals surface area contributed by atoms with Crippen molar-refractivity contribution in [3.63, 3.8) is 0 Å². The Bertz CT molecular complexity index is 1540. The van der Waals surface area contributed by atoms with Gasteiger partial charge in [-0.1, -0.05) is 53.5 Å². The average molecular weight is 562 g/mol. The van der Waals surface area contributed by atoms with Gasteiger partial charge in [0.2, 0.25) is 5.76 Å². The quantitative estimate of drug-likeness (QED) is 0.242. The van der Waals surface area contributed by atoms with E-state index in [1.54, 1.807) is 30.2 Å². The molecule has 7 heteroatoms. The van der Waals surface area contributed by atoms with Gasteiger partial charge < -0.3 is 13.9 Å². The molecule has 0 N–H and O–H groups in total. The third-order valence-electron chi connectivity index (χ3n) is 6.60. The lowest BCUT2D eigenvalue weighted by Gasteiger charge is -2.26. The molecule has 1 aliphatic rings. The van der Waals surface area contributed by atoms with Crippen LogP contribution in [0.3, 0.4) is 0 Å². The maximum Gasteiger partial charge on any atom is 0.295 e. The van der Waals surface area contributed by atoms with Crippen molar-refractivity contribution in [2.45, 2.75) is 33.2 Å². The van der Waals surface area contributed by atoms with Crippen molar-refractivity contribution in [1.29, 1.82) is 0 Å². The molecular formula is C30H28BrNO5. The second-order valence-corrected chi connectivity index (χ2v) is 10.6. The van der Waals surface area contributed by atoms with Crippen molar-refractivity contribution in [3.8, 4) is 11.5 Å². The highest BCUT2D eigenvalue weighted by Gasteiger charge is 2.44. The molecule has 0 bridgehead atoms. The van der Waals surface area contributed by atoms with Gasteiger partial charge in [0.25, 0.3) is 5.91 Å². The third kappa shape index (κ3) is 4.64. The van der Waals surface area contributed by atoms with Crippen molar-refractivity contribution in [1.82, 2.24) is 0 Å². The number of halogens is 1. The normalized spacial score (nSPS) is 14.9. The molecule has 1 amide bonds. The summed E-state index contributed by atoms with van der Waals surface area (Å²) in [6.45, 7) is 6.84. The number of ether oxygens (including phenoxy) is 2. The van der Waals surface area contributed by atoms with Crippen LogP contribution in [0.5, 0.6) is 11.5 Å². The zero-order chi connectivity index (χ0) is 26.3. The number of hydrogen-bond acceptors (Lipinski definition) is 5. The first kappa shape index (κ1) is 25.1. The van der Waals surface area contributed by atoms with Crippen molar-refractivity contribution in [2.75, 3.05) is 18.6 Å². The number of aryl methyl sites for hydroxylation is 1. The maximum absolute atomic E-state index is 13.8.